The van der Waals surface area contributed by atoms with Gasteiger partial charge in [0.15, 0.2) is 5.82 Å². The second-order valence-corrected chi connectivity index (χ2v) is 8.05. The van der Waals surface area contributed by atoms with E-state index in [2.05, 4.69) is 41.0 Å². The van der Waals surface area contributed by atoms with Crippen molar-refractivity contribution in [3.63, 3.8) is 0 Å². The van der Waals surface area contributed by atoms with Gasteiger partial charge >= 0.3 is 6.09 Å². The number of carbonyl (C=O) groups excluding carboxylic acids is 2. The van der Waals surface area contributed by atoms with Crippen molar-refractivity contribution in [1.29, 1.82) is 0 Å². The van der Waals surface area contributed by atoms with E-state index in [0.29, 0.717) is 24.8 Å². The molecule has 1 saturated heterocycles. The van der Waals surface area contributed by atoms with Crippen LogP contribution in [0, 0.1) is 0 Å². The minimum atomic E-state index is -0.833. The van der Waals surface area contributed by atoms with Crippen LogP contribution in [0.1, 0.15) is 41.4 Å². The van der Waals surface area contributed by atoms with Gasteiger partial charge in [-0.05, 0) is 19.3 Å². The molecule has 1 aliphatic carbocycles. The summed E-state index contributed by atoms with van der Waals surface area (Å²) in [6.45, 7) is 1.05. The third kappa shape index (κ3) is 4.93. The number of hydrogen-bond acceptors (Lipinski definition) is 10. The summed E-state index contributed by atoms with van der Waals surface area (Å²) in [6.07, 6.45) is 9.48. The lowest BCUT2D eigenvalue weighted by Gasteiger charge is -2.13. The number of amides is 2. The molecule has 5 rings (SSSR count). The summed E-state index contributed by atoms with van der Waals surface area (Å²) in [4.78, 5) is 42.3. The summed E-state index contributed by atoms with van der Waals surface area (Å²) in [5.74, 6) is 0.177. The Balaban J connectivity index is 1.32. The molecule has 34 heavy (non-hydrogen) atoms. The van der Waals surface area contributed by atoms with Gasteiger partial charge in [0.25, 0.3) is 11.8 Å². The maximum atomic E-state index is 12.8. The van der Waals surface area contributed by atoms with Crippen molar-refractivity contribution >= 4 is 29.2 Å². The van der Waals surface area contributed by atoms with Crippen molar-refractivity contribution in [2.75, 3.05) is 23.8 Å². The Morgan fingerprint density at radius 2 is 1.97 bits per heavy atom. The predicted molar refractivity (Wildman–Crippen MR) is 119 cm³/mol. The molecule has 0 unspecified atom stereocenters. The monoisotopic (exact) mass is 465 g/mol. The molecule has 4 heterocycles. The Hall–Kier alpha value is -4.13. The minimum absolute atomic E-state index is 0.00347. The number of rotatable bonds is 7. The van der Waals surface area contributed by atoms with Crippen LogP contribution in [-0.4, -0.2) is 61.0 Å². The summed E-state index contributed by atoms with van der Waals surface area (Å²) in [7, 11) is 1.62. The number of nitrogens with one attached hydrogen (secondary N) is 3. The SMILES string of the molecule is Cn1ncc(NC(=O)Oc2nc(C3CC3)cnc2Nc2cncnc2)c1C(=O)N[C@@H]1CCOC1. The first-order valence-corrected chi connectivity index (χ1v) is 10.8. The second-order valence-electron chi connectivity index (χ2n) is 8.05. The van der Waals surface area contributed by atoms with Gasteiger partial charge in [0.05, 0.1) is 54.5 Å². The highest BCUT2D eigenvalue weighted by Gasteiger charge is 2.28. The van der Waals surface area contributed by atoms with Crippen molar-refractivity contribution in [2.24, 2.45) is 7.05 Å². The fraction of sp³-hybridized carbons (Fsp3) is 0.381. The standard InChI is InChI=1S/C21H23N9O4/c1-30-17(19(31)27-13-4-5-33-10-13)16(9-25-30)29-21(32)34-20-18(26-14-6-22-11-23-7-14)24-8-15(28-20)12-2-3-12/h6-9,11-13H,2-5,10H2,1H3,(H,24,26)(H,27,31)(H,29,32)/t13-/m1/s1. The molecule has 3 N–H and O–H groups in total. The average Bonchev–Trinajstić information content (AvgIpc) is 3.44. The molecule has 3 aromatic heterocycles. The molecule has 2 fully saturated rings. The van der Waals surface area contributed by atoms with Crippen LogP contribution in [0.5, 0.6) is 5.88 Å². The number of nitrogens with zero attached hydrogens (tertiary/aromatic N) is 6. The van der Waals surface area contributed by atoms with Crippen LogP contribution in [0.2, 0.25) is 0 Å². The molecule has 1 aliphatic heterocycles. The van der Waals surface area contributed by atoms with Crippen molar-refractivity contribution < 1.29 is 19.1 Å². The van der Waals surface area contributed by atoms with Gasteiger partial charge in [-0.1, -0.05) is 0 Å². The molecular formula is C21H23N9O4. The normalized spacial score (nSPS) is 17.3. The molecule has 3 aromatic rings. The number of carbonyl (C=O) groups is 2. The molecule has 176 valence electrons. The molecule has 13 nitrogen and oxygen atoms in total. The van der Waals surface area contributed by atoms with Gasteiger partial charge in [0.1, 0.15) is 12.0 Å². The van der Waals surface area contributed by atoms with Gasteiger partial charge in [-0.3, -0.25) is 14.8 Å². The highest BCUT2D eigenvalue weighted by Crippen LogP contribution is 2.40. The fourth-order valence-corrected chi connectivity index (χ4v) is 3.54. The second kappa shape index (κ2) is 9.39. The zero-order chi connectivity index (χ0) is 23.5. The van der Waals surface area contributed by atoms with Gasteiger partial charge in [-0.15, -0.1) is 0 Å². The smallest absolute Gasteiger partial charge is 0.387 e. The van der Waals surface area contributed by atoms with Gasteiger partial charge in [0.2, 0.25) is 0 Å². The highest BCUT2D eigenvalue weighted by atomic mass is 16.6. The van der Waals surface area contributed by atoms with Gasteiger partial charge in [-0.25, -0.2) is 24.7 Å². The van der Waals surface area contributed by atoms with E-state index in [4.69, 9.17) is 9.47 Å². The van der Waals surface area contributed by atoms with E-state index in [9.17, 15) is 9.59 Å². The van der Waals surface area contributed by atoms with E-state index < -0.39 is 6.09 Å². The van der Waals surface area contributed by atoms with Crippen molar-refractivity contribution in [3.8, 4) is 5.88 Å². The third-order valence-corrected chi connectivity index (χ3v) is 5.42. The van der Waals surface area contributed by atoms with Gasteiger partial charge in [0, 0.05) is 19.6 Å². The Morgan fingerprint density at radius 1 is 1.15 bits per heavy atom. The summed E-state index contributed by atoms with van der Waals surface area (Å²) >= 11 is 0. The first-order valence-electron chi connectivity index (χ1n) is 10.8. The summed E-state index contributed by atoms with van der Waals surface area (Å²) in [5, 5.41) is 12.6. The first kappa shape index (κ1) is 21.7. The number of anilines is 3. The zero-order valence-corrected chi connectivity index (χ0v) is 18.4. The lowest BCUT2D eigenvalue weighted by atomic mass is 10.2. The van der Waals surface area contributed by atoms with E-state index >= 15 is 0 Å². The molecule has 2 aliphatic rings. The van der Waals surface area contributed by atoms with Crippen LogP contribution in [0.25, 0.3) is 0 Å². The molecule has 0 radical (unpaired) electrons. The summed E-state index contributed by atoms with van der Waals surface area (Å²) in [5.41, 5.74) is 1.71. The minimum Gasteiger partial charge on any atom is -0.387 e. The number of hydrogen-bond donors (Lipinski definition) is 3. The van der Waals surface area contributed by atoms with Gasteiger partial charge in [-0.2, -0.15) is 5.10 Å². The number of aryl methyl sites for hydroxylation is 1. The third-order valence-electron chi connectivity index (χ3n) is 5.42. The quantitative estimate of drug-likeness (QED) is 0.469. The summed E-state index contributed by atoms with van der Waals surface area (Å²) in [6, 6.07) is -0.0850. The summed E-state index contributed by atoms with van der Waals surface area (Å²) < 4.78 is 12.2. The molecule has 0 spiro atoms. The maximum Gasteiger partial charge on any atom is 0.418 e. The van der Waals surface area contributed by atoms with Crippen LogP contribution in [-0.2, 0) is 11.8 Å². The first-order chi connectivity index (χ1) is 16.6. The van der Waals surface area contributed by atoms with E-state index in [-0.39, 0.29) is 35.0 Å². The van der Waals surface area contributed by atoms with Crippen LogP contribution >= 0.6 is 0 Å². The van der Waals surface area contributed by atoms with E-state index in [1.165, 1.54) is 17.2 Å². The molecule has 1 saturated carbocycles. The largest absolute Gasteiger partial charge is 0.418 e. The lowest BCUT2D eigenvalue weighted by Crippen LogP contribution is -2.36. The lowest BCUT2D eigenvalue weighted by molar-refractivity contribution is 0.0921. The predicted octanol–water partition coefficient (Wildman–Crippen LogP) is 1.75. The molecule has 13 heteroatoms. The molecular weight excluding hydrogens is 442 g/mol. The van der Waals surface area contributed by atoms with E-state index in [1.54, 1.807) is 25.6 Å². The number of ether oxygens (including phenoxy) is 2. The van der Waals surface area contributed by atoms with E-state index in [0.717, 1.165) is 25.0 Å². The molecule has 1 atom stereocenters. The van der Waals surface area contributed by atoms with Crippen LogP contribution in [0.4, 0.5) is 22.0 Å². The van der Waals surface area contributed by atoms with Crippen molar-refractivity contribution in [3.05, 3.63) is 42.5 Å². The number of aromatic nitrogens is 6. The Morgan fingerprint density at radius 3 is 2.71 bits per heavy atom. The van der Waals surface area contributed by atoms with Gasteiger partial charge < -0.3 is 20.1 Å². The average molecular weight is 465 g/mol. The Bertz CT molecular complexity index is 1190. The van der Waals surface area contributed by atoms with Crippen molar-refractivity contribution in [2.45, 2.75) is 31.2 Å². The Labute approximate surface area is 194 Å². The highest BCUT2D eigenvalue weighted by molar-refractivity contribution is 6.01. The molecule has 2 amide bonds. The maximum absolute atomic E-state index is 12.8. The van der Waals surface area contributed by atoms with Crippen LogP contribution < -0.4 is 20.7 Å². The zero-order valence-electron chi connectivity index (χ0n) is 18.4. The molecule has 0 bridgehead atoms. The van der Waals surface area contributed by atoms with Crippen LogP contribution in [0.15, 0.2) is 31.1 Å². The fourth-order valence-electron chi connectivity index (χ4n) is 3.54. The Kier molecular flexibility index (Phi) is 5.99. The van der Waals surface area contributed by atoms with E-state index in [1.807, 2.05) is 0 Å². The molecule has 0 aromatic carbocycles. The van der Waals surface area contributed by atoms with Crippen LogP contribution in [0.3, 0.4) is 0 Å². The van der Waals surface area contributed by atoms with Crippen molar-refractivity contribution in [1.82, 2.24) is 35.0 Å². The topological polar surface area (TPSA) is 158 Å².